The summed E-state index contributed by atoms with van der Waals surface area (Å²) in [6.45, 7) is 2.71. The van der Waals surface area contributed by atoms with E-state index < -0.39 is 0 Å². The minimum Gasteiger partial charge on any atom is -0.399 e. The Kier molecular flexibility index (Phi) is 4.42. The van der Waals surface area contributed by atoms with Crippen molar-refractivity contribution < 1.29 is 4.74 Å². The summed E-state index contributed by atoms with van der Waals surface area (Å²) < 4.78 is 6.43. The highest BCUT2D eigenvalue weighted by Gasteiger charge is 2.18. The molecule has 0 radical (unpaired) electrons. The minimum absolute atomic E-state index is 0.629. The van der Waals surface area contributed by atoms with E-state index in [9.17, 15) is 0 Å². The zero-order valence-corrected chi connectivity index (χ0v) is 11.7. The molecule has 1 aliphatic rings. The Hall–Kier alpha value is -0.580. The Morgan fingerprint density at radius 2 is 2.06 bits per heavy atom. The van der Waals surface area contributed by atoms with E-state index in [4.69, 9.17) is 10.5 Å². The van der Waals surface area contributed by atoms with Gasteiger partial charge in [0.15, 0.2) is 0 Å². The second-order valence-corrected chi connectivity index (χ2v) is 5.57. The number of rotatable bonds is 3. The lowest BCUT2D eigenvalue weighted by Crippen LogP contribution is -2.36. The summed E-state index contributed by atoms with van der Waals surface area (Å²) in [5.41, 5.74) is 7.92. The lowest BCUT2D eigenvalue weighted by atomic mass is 10.1. The van der Waals surface area contributed by atoms with Crippen LogP contribution in [-0.4, -0.2) is 31.2 Å². The molecule has 1 aliphatic heterocycles. The largest absolute Gasteiger partial charge is 0.399 e. The van der Waals surface area contributed by atoms with Crippen LogP contribution in [0.15, 0.2) is 22.7 Å². The third-order valence-corrected chi connectivity index (χ3v) is 3.68. The van der Waals surface area contributed by atoms with Crippen molar-refractivity contribution in [3.05, 3.63) is 28.2 Å². The van der Waals surface area contributed by atoms with Gasteiger partial charge in [0.1, 0.15) is 0 Å². The van der Waals surface area contributed by atoms with E-state index in [1.54, 1.807) is 0 Å². The highest BCUT2D eigenvalue weighted by molar-refractivity contribution is 9.10. The average Bonchev–Trinajstić information content (AvgIpc) is 2.28. The number of halogens is 1. The van der Waals surface area contributed by atoms with E-state index >= 15 is 0 Å². The molecule has 0 spiro atoms. The molecule has 1 aromatic carbocycles. The van der Waals surface area contributed by atoms with Gasteiger partial charge in [-0.15, -0.1) is 0 Å². The molecule has 2 N–H and O–H groups in total. The topological polar surface area (TPSA) is 38.5 Å². The van der Waals surface area contributed by atoms with Crippen LogP contribution in [0, 0.1) is 0 Å². The molecule has 1 fully saturated rings. The van der Waals surface area contributed by atoms with Crippen LogP contribution in [0.4, 0.5) is 5.69 Å². The summed E-state index contributed by atoms with van der Waals surface area (Å²) in [5, 5.41) is 0. The molecular formula is C13H19BrN2O. The van der Waals surface area contributed by atoms with E-state index in [0.29, 0.717) is 6.04 Å². The maximum absolute atomic E-state index is 5.85. The SMILES string of the molecule is CN(Cc1cc(N)cc(Br)c1)C1CCOCC1. The number of nitrogen functional groups attached to an aromatic ring is 1. The molecule has 2 rings (SSSR count). The van der Waals surface area contributed by atoms with Crippen LogP contribution >= 0.6 is 15.9 Å². The number of hydrogen-bond acceptors (Lipinski definition) is 3. The molecule has 0 bridgehead atoms. The fraction of sp³-hybridized carbons (Fsp3) is 0.538. The molecule has 3 nitrogen and oxygen atoms in total. The van der Waals surface area contributed by atoms with Crippen LogP contribution < -0.4 is 5.73 Å². The summed E-state index contributed by atoms with van der Waals surface area (Å²) in [7, 11) is 2.17. The Bertz CT molecular complexity index is 357. The van der Waals surface area contributed by atoms with Gasteiger partial charge in [-0.25, -0.2) is 0 Å². The van der Waals surface area contributed by atoms with Crippen molar-refractivity contribution in [2.75, 3.05) is 26.0 Å². The van der Waals surface area contributed by atoms with Gasteiger partial charge >= 0.3 is 0 Å². The van der Waals surface area contributed by atoms with Gasteiger partial charge in [-0.2, -0.15) is 0 Å². The first-order valence-corrected chi connectivity index (χ1v) is 6.77. The highest BCUT2D eigenvalue weighted by Crippen LogP contribution is 2.20. The molecule has 1 saturated heterocycles. The van der Waals surface area contributed by atoms with Crippen molar-refractivity contribution in [2.24, 2.45) is 0 Å². The number of nitrogens with zero attached hydrogens (tertiary/aromatic N) is 1. The number of benzene rings is 1. The number of anilines is 1. The standard InChI is InChI=1S/C13H19BrN2O/c1-16(13-2-4-17-5-3-13)9-10-6-11(14)8-12(15)7-10/h6-8,13H,2-5,9,15H2,1H3. The minimum atomic E-state index is 0.629. The molecule has 94 valence electrons. The summed E-state index contributed by atoms with van der Waals surface area (Å²) in [6.07, 6.45) is 2.25. The summed E-state index contributed by atoms with van der Waals surface area (Å²) in [5.74, 6) is 0. The van der Waals surface area contributed by atoms with Gasteiger partial charge in [-0.1, -0.05) is 15.9 Å². The van der Waals surface area contributed by atoms with Crippen molar-refractivity contribution >= 4 is 21.6 Å². The maximum atomic E-state index is 5.85. The summed E-state index contributed by atoms with van der Waals surface area (Å²) >= 11 is 3.48. The van der Waals surface area contributed by atoms with E-state index in [-0.39, 0.29) is 0 Å². The van der Waals surface area contributed by atoms with E-state index in [0.717, 1.165) is 42.8 Å². The Balaban J connectivity index is 1.99. The fourth-order valence-electron chi connectivity index (χ4n) is 2.31. The van der Waals surface area contributed by atoms with E-state index in [1.165, 1.54) is 5.56 Å². The van der Waals surface area contributed by atoms with Gasteiger partial charge in [-0.3, -0.25) is 4.90 Å². The van der Waals surface area contributed by atoms with E-state index in [1.807, 2.05) is 12.1 Å². The molecule has 0 atom stereocenters. The van der Waals surface area contributed by atoms with Gasteiger partial charge in [-0.05, 0) is 43.7 Å². The van der Waals surface area contributed by atoms with Gasteiger partial charge in [0, 0.05) is 36.0 Å². The maximum Gasteiger partial charge on any atom is 0.0480 e. The number of ether oxygens (including phenoxy) is 1. The van der Waals surface area contributed by atoms with Gasteiger partial charge in [0.05, 0.1) is 0 Å². The Morgan fingerprint density at radius 1 is 1.35 bits per heavy atom. The first kappa shape index (κ1) is 12.9. The van der Waals surface area contributed by atoms with Crippen LogP contribution in [-0.2, 0) is 11.3 Å². The predicted molar refractivity (Wildman–Crippen MR) is 73.9 cm³/mol. The first-order valence-electron chi connectivity index (χ1n) is 5.98. The fourth-order valence-corrected chi connectivity index (χ4v) is 2.87. The molecule has 0 amide bonds. The zero-order chi connectivity index (χ0) is 12.3. The predicted octanol–water partition coefficient (Wildman–Crippen LogP) is 2.64. The van der Waals surface area contributed by atoms with Crippen LogP contribution in [0.25, 0.3) is 0 Å². The van der Waals surface area contributed by atoms with Crippen molar-refractivity contribution in [3.8, 4) is 0 Å². The second-order valence-electron chi connectivity index (χ2n) is 4.65. The highest BCUT2D eigenvalue weighted by atomic mass is 79.9. The first-order chi connectivity index (χ1) is 8.15. The van der Waals surface area contributed by atoms with Gasteiger partial charge in [0.2, 0.25) is 0 Å². The van der Waals surface area contributed by atoms with Crippen molar-refractivity contribution in [3.63, 3.8) is 0 Å². The third kappa shape index (κ3) is 3.69. The van der Waals surface area contributed by atoms with Crippen LogP contribution in [0.2, 0.25) is 0 Å². The molecule has 0 aromatic heterocycles. The zero-order valence-electron chi connectivity index (χ0n) is 10.2. The van der Waals surface area contributed by atoms with E-state index in [2.05, 4.69) is 33.9 Å². The normalized spacial score (nSPS) is 17.6. The molecule has 4 heteroatoms. The molecular weight excluding hydrogens is 280 g/mol. The number of hydrogen-bond donors (Lipinski definition) is 1. The molecule has 0 aliphatic carbocycles. The van der Waals surface area contributed by atoms with Crippen LogP contribution in [0.3, 0.4) is 0 Å². The summed E-state index contributed by atoms with van der Waals surface area (Å²) in [4.78, 5) is 2.39. The molecule has 17 heavy (non-hydrogen) atoms. The average molecular weight is 299 g/mol. The van der Waals surface area contributed by atoms with Crippen LogP contribution in [0.1, 0.15) is 18.4 Å². The molecule has 0 unspecified atom stereocenters. The second kappa shape index (κ2) is 5.85. The Morgan fingerprint density at radius 3 is 2.71 bits per heavy atom. The third-order valence-electron chi connectivity index (χ3n) is 3.23. The van der Waals surface area contributed by atoms with Crippen molar-refractivity contribution in [1.82, 2.24) is 4.90 Å². The van der Waals surface area contributed by atoms with Crippen LogP contribution in [0.5, 0.6) is 0 Å². The smallest absolute Gasteiger partial charge is 0.0480 e. The van der Waals surface area contributed by atoms with Crippen molar-refractivity contribution in [1.29, 1.82) is 0 Å². The van der Waals surface area contributed by atoms with Gasteiger partial charge < -0.3 is 10.5 Å². The molecule has 1 aromatic rings. The summed E-state index contributed by atoms with van der Waals surface area (Å²) in [6, 6.07) is 6.73. The lowest BCUT2D eigenvalue weighted by molar-refractivity contribution is 0.0407. The Labute approximate surface area is 111 Å². The lowest BCUT2D eigenvalue weighted by Gasteiger charge is -2.31. The van der Waals surface area contributed by atoms with Crippen molar-refractivity contribution in [2.45, 2.75) is 25.4 Å². The monoisotopic (exact) mass is 298 g/mol. The quantitative estimate of drug-likeness (QED) is 0.872. The number of nitrogens with two attached hydrogens (primary N) is 1. The molecule has 1 heterocycles. The molecule has 0 saturated carbocycles. The van der Waals surface area contributed by atoms with Gasteiger partial charge in [0.25, 0.3) is 0 Å².